The molecule has 0 amide bonds. The summed E-state index contributed by atoms with van der Waals surface area (Å²) in [7, 11) is 0. The van der Waals surface area contributed by atoms with E-state index in [2.05, 4.69) is 12.1 Å². The summed E-state index contributed by atoms with van der Waals surface area (Å²) in [6.45, 7) is 1.87. The Labute approximate surface area is 112 Å². The number of alkyl halides is 1. The fourth-order valence-corrected chi connectivity index (χ4v) is 6.20. The van der Waals surface area contributed by atoms with Crippen molar-refractivity contribution in [3.8, 4) is 0 Å². The molecule has 2 heterocycles. The molecule has 2 aliphatic heterocycles. The van der Waals surface area contributed by atoms with Crippen molar-refractivity contribution < 1.29 is 9.84 Å². The Balaban J connectivity index is 1.80. The van der Waals surface area contributed by atoms with Gasteiger partial charge in [0.1, 0.15) is 0 Å². The van der Waals surface area contributed by atoms with E-state index in [1.165, 1.54) is 4.46 Å². The van der Waals surface area contributed by atoms with Gasteiger partial charge in [-0.1, -0.05) is 0 Å². The SMILES string of the molecule is C[C@@]1(O)C[C@@H]2O[C@H]1[C@@H]([Se]c1ccccc1)[C@@H]2Cl. The first-order valence-electron chi connectivity index (χ1n) is 5.81. The van der Waals surface area contributed by atoms with Crippen molar-refractivity contribution in [3.63, 3.8) is 0 Å². The molecule has 5 atom stereocenters. The first-order chi connectivity index (χ1) is 8.08. The van der Waals surface area contributed by atoms with Crippen molar-refractivity contribution in [1.82, 2.24) is 0 Å². The molecule has 3 rings (SSSR count). The topological polar surface area (TPSA) is 29.5 Å². The normalized spacial score (nSPS) is 44.2. The summed E-state index contributed by atoms with van der Waals surface area (Å²) in [4.78, 5) is 0.278. The summed E-state index contributed by atoms with van der Waals surface area (Å²) in [5, 5.41) is 10.3. The van der Waals surface area contributed by atoms with Crippen molar-refractivity contribution in [2.75, 3.05) is 0 Å². The Hall–Kier alpha value is -0.0505. The molecule has 2 aliphatic rings. The van der Waals surface area contributed by atoms with E-state index >= 15 is 0 Å². The van der Waals surface area contributed by atoms with Gasteiger partial charge in [-0.15, -0.1) is 0 Å². The molecule has 2 bridgehead atoms. The molecule has 4 heteroatoms. The molecule has 92 valence electrons. The van der Waals surface area contributed by atoms with Crippen LogP contribution in [0.15, 0.2) is 30.3 Å². The summed E-state index contributed by atoms with van der Waals surface area (Å²) in [6, 6.07) is 10.4. The Morgan fingerprint density at radius 1 is 1.41 bits per heavy atom. The number of hydrogen-bond acceptors (Lipinski definition) is 2. The minimum absolute atomic E-state index is 0.0345. The standard InChI is InChI=1S/C13H15ClO2Se/c1-13(15)7-9-10(14)11(12(13)16-9)17-8-5-3-2-4-6-8/h2-6,9-12,15H,7H2,1H3/t9-,10+,11-,12-,13+/m0/s1. The monoisotopic (exact) mass is 318 g/mol. The van der Waals surface area contributed by atoms with Gasteiger partial charge in [-0.2, -0.15) is 0 Å². The molecular formula is C13H15ClO2Se. The van der Waals surface area contributed by atoms with E-state index in [4.69, 9.17) is 16.3 Å². The van der Waals surface area contributed by atoms with Gasteiger partial charge in [-0.25, -0.2) is 0 Å². The third kappa shape index (κ3) is 2.05. The van der Waals surface area contributed by atoms with E-state index in [1.807, 2.05) is 25.1 Å². The van der Waals surface area contributed by atoms with Gasteiger partial charge in [0, 0.05) is 0 Å². The molecule has 0 saturated carbocycles. The quantitative estimate of drug-likeness (QED) is 0.659. The molecule has 2 nitrogen and oxygen atoms in total. The fraction of sp³-hybridized carbons (Fsp3) is 0.538. The second-order valence-electron chi connectivity index (χ2n) is 5.00. The average Bonchev–Trinajstić information content (AvgIpc) is 2.76. The van der Waals surface area contributed by atoms with Gasteiger partial charge in [-0.05, 0) is 0 Å². The van der Waals surface area contributed by atoms with E-state index in [0.29, 0.717) is 6.42 Å². The van der Waals surface area contributed by atoms with Crippen LogP contribution >= 0.6 is 11.6 Å². The molecule has 0 aromatic heterocycles. The van der Waals surface area contributed by atoms with Gasteiger partial charge < -0.3 is 0 Å². The van der Waals surface area contributed by atoms with Crippen LogP contribution in [0.3, 0.4) is 0 Å². The summed E-state index contributed by atoms with van der Waals surface area (Å²) in [6.07, 6.45) is 0.621. The Morgan fingerprint density at radius 2 is 2.12 bits per heavy atom. The third-order valence-corrected chi connectivity index (χ3v) is 7.27. The van der Waals surface area contributed by atoms with Crippen LogP contribution in [0.2, 0.25) is 4.82 Å². The number of aliphatic hydroxyl groups is 1. The molecular weight excluding hydrogens is 303 g/mol. The molecule has 0 spiro atoms. The summed E-state index contributed by atoms with van der Waals surface area (Å²) in [5.74, 6) is 0. The minimum atomic E-state index is -0.697. The Morgan fingerprint density at radius 3 is 2.76 bits per heavy atom. The van der Waals surface area contributed by atoms with E-state index in [1.54, 1.807) is 0 Å². The van der Waals surface area contributed by atoms with Crippen molar-refractivity contribution in [2.45, 2.75) is 41.3 Å². The number of fused-ring (bicyclic) bond motifs is 2. The van der Waals surface area contributed by atoms with Gasteiger partial charge in [0.15, 0.2) is 0 Å². The van der Waals surface area contributed by atoms with Crippen LogP contribution in [0.25, 0.3) is 0 Å². The first-order valence-corrected chi connectivity index (χ1v) is 8.10. The van der Waals surface area contributed by atoms with Gasteiger partial charge in [-0.3, -0.25) is 0 Å². The van der Waals surface area contributed by atoms with Crippen LogP contribution in [-0.2, 0) is 4.74 Å². The van der Waals surface area contributed by atoms with Crippen LogP contribution < -0.4 is 4.46 Å². The predicted molar refractivity (Wildman–Crippen MR) is 69.1 cm³/mol. The summed E-state index contributed by atoms with van der Waals surface area (Å²) >= 11 is 6.69. The molecule has 0 unspecified atom stereocenters. The Kier molecular flexibility index (Phi) is 3.00. The fourth-order valence-electron chi connectivity index (χ4n) is 2.69. The van der Waals surface area contributed by atoms with Gasteiger partial charge in [0.25, 0.3) is 0 Å². The second kappa shape index (κ2) is 4.25. The molecule has 1 aromatic carbocycles. The van der Waals surface area contributed by atoms with Crippen molar-refractivity contribution in [1.29, 1.82) is 0 Å². The zero-order valence-corrected chi connectivity index (χ0v) is 12.0. The van der Waals surface area contributed by atoms with Gasteiger partial charge in [0.05, 0.1) is 0 Å². The average molecular weight is 318 g/mol. The molecule has 2 fully saturated rings. The van der Waals surface area contributed by atoms with E-state index < -0.39 is 5.60 Å². The second-order valence-corrected chi connectivity index (χ2v) is 8.13. The van der Waals surface area contributed by atoms with Crippen LogP contribution in [0.5, 0.6) is 0 Å². The number of rotatable bonds is 2. The van der Waals surface area contributed by atoms with Crippen molar-refractivity contribution in [2.24, 2.45) is 0 Å². The van der Waals surface area contributed by atoms with Crippen molar-refractivity contribution >= 4 is 31.0 Å². The maximum atomic E-state index is 10.3. The van der Waals surface area contributed by atoms with Crippen LogP contribution in [0, 0.1) is 0 Å². The molecule has 0 aliphatic carbocycles. The van der Waals surface area contributed by atoms with Crippen molar-refractivity contribution in [3.05, 3.63) is 30.3 Å². The number of benzene rings is 1. The number of hydrogen-bond donors (Lipinski definition) is 1. The molecule has 0 radical (unpaired) electrons. The zero-order chi connectivity index (χ0) is 12.0. The molecule has 1 N–H and O–H groups in total. The number of halogens is 1. The van der Waals surface area contributed by atoms with E-state index in [9.17, 15) is 5.11 Å². The predicted octanol–water partition coefficient (Wildman–Crippen LogP) is 1.33. The van der Waals surface area contributed by atoms with E-state index in [0.717, 1.165) is 0 Å². The van der Waals surface area contributed by atoms with Gasteiger partial charge in [0.2, 0.25) is 0 Å². The van der Waals surface area contributed by atoms with Crippen LogP contribution in [0.1, 0.15) is 13.3 Å². The molecule has 2 saturated heterocycles. The first kappa shape index (κ1) is 12.0. The molecule has 17 heavy (non-hydrogen) atoms. The van der Waals surface area contributed by atoms with E-state index in [-0.39, 0.29) is 37.4 Å². The van der Waals surface area contributed by atoms with Crippen LogP contribution in [-0.4, -0.2) is 43.2 Å². The summed E-state index contributed by atoms with van der Waals surface area (Å²) < 4.78 is 7.14. The zero-order valence-electron chi connectivity index (χ0n) is 9.54. The Bertz CT molecular complexity index is 409. The summed E-state index contributed by atoms with van der Waals surface area (Å²) in [5.41, 5.74) is -0.697. The third-order valence-electron chi connectivity index (χ3n) is 3.53. The molecule has 1 aromatic rings. The van der Waals surface area contributed by atoms with Crippen LogP contribution in [0.4, 0.5) is 0 Å². The van der Waals surface area contributed by atoms with Gasteiger partial charge >= 0.3 is 113 Å². The number of ether oxygens (including phenoxy) is 1. The maximum absolute atomic E-state index is 10.3.